The van der Waals surface area contributed by atoms with Gasteiger partial charge in [-0.2, -0.15) is 4.31 Å². The lowest BCUT2D eigenvalue weighted by molar-refractivity contribution is -0.0907. The lowest BCUT2D eigenvalue weighted by atomic mass is 10.0. The highest BCUT2D eigenvalue weighted by molar-refractivity contribution is 7.89. The molecule has 12 nitrogen and oxygen atoms in total. The number of hydrogen-bond donors (Lipinski definition) is 2. The Hall–Kier alpha value is -3.40. The van der Waals surface area contributed by atoms with Crippen LogP contribution in [0, 0.1) is 11.8 Å². The van der Waals surface area contributed by atoms with Crippen molar-refractivity contribution in [1.82, 2.24) is 9.62 Å². The SMILES string of the molecule is CC(C)CN(C[C@@H](O)[C@H](Cc1ccc(OCCc2cccs2)cc1)NC(=O)O[C@H]1CO[C@H]2OCC[C@H]21)S(=O)(=O)c1ccc2c(c1)OCO2. The zero-order chi connectivity index (χ0) is 33.7. The third-order valence-electron chi connectivity index (χ3n) is 8.53. The number of carbonyl (C=O) groups is 1. The Morgan fingerprint density at radius 1 is 1.08 bits per heavy atom. The van der Waals surface area contributed by atoms with Gasteiger partial charge in [0.1, 0.15) is 11.9 Å². The summed E-state index contributed by atoms with van der Waals surface area (Å²) in [5, 5.41) is 16.5. The highest BCUT2D eigenvalue weighted by Gasteiger charge is 2.44. The van der Waals surface area contributed by atoms with Crippen LogP contribution >= 0.6 is 11.3 Å². The fraction of sp³-hybridized carbons (Fsp3) is 0.500. The van der Waals surface area contributed by atoms with Gasteiger partial charge in [0, 0.05) is 30.5 Å². The van der Waals surface area contributed by atoms with Crippen molar-refractivity contribution in [1.29, 1.82) is 0 Å². The molecule has 2 N–H and O–H groups in total. The summed E-state index contributed by atoms with van der Waals surface area (Å²) in [5.74, 6) is 1.41. The van der Waals surface area contributed by atoms with E-state index < -0.39 is 34.4 Å². The van der Waals surface area contributed by atoms with Crippen molar-refractivity contribution in [2.75, 3.05) is 39.7 Å². The first-order valence-electron chi connectivity index (χ1n) is 16.2. The second kappa shape index (κ2) is 15.4. The number of alkyl carbamates (subject to hydrolysis) is 1. The molecule has 0 radical (unpaired) electrons. The van der Waals surface area contributed by atoms with Gasteiger partial charge < -0.3 is 38.8 Å². The number of nitrogens with zero attached hydrogens (tertiary/aromatic N) is 1. The van der Waals surface area contributed by atoms with Crippen LogP contribution in [0.3, 0.4) is 0 Å². The smallest absolute Gasteiger partial charge is 0.407 e. The molecule has 1 aromatic heterocycles. The van der Waals surface area contributed by atoms with Gasteiger partial charge in [0.15, 0.2) is 17.8 Å². The molecule has 3 aromatic rings. The Balaban J connectivity index is 1.17. The van der Waals surface area contributed by atoms with Gasteiger partial charge in [-0.1, -0.05) is 32.0 Å². The van der Waals surface area contributed by atoms with Crippen LogP contribution in [0.4, 0.5) is 4.79 Å². The zero-order valence-electron chi connectivity index (χ0n) is 27.0. The van der Waals surface area contributed by atoms with Gasteiger partial charge in [0.05, 0.1) is 42.8 Å². The van der Waals surface area contributed by atoms with Crippen molar-refractivity contribution < 1.29 is 46.7 Å². The zero-order valence-corrected chi connectivity index (χ0v) is 28.6. The molecule has 5 atom stereocenters. The Labute approximate surface area is 284 Å². The highest BCUT2D eigenvalue weighted by atomic mass is 32.2. The van der Waals surface area contributed by atoms with Crippen molar-refractivity contribution in [3.05, 3.63) is 70.4 Å². The quantitative estimate of drug-likeness (QED) is 0.237. The van der Waals surface area contributed by atoms with Gasteiger partial charge in [-0.3, -0.25) is 0 Å². The first-order chi connectivity index (χ1) is 23.2. The number of benzene rings is 2. The first-order valence-corrected chi connectivity index (χ1v) is 18.5. The van der Waals surface area contributed by atoms with Crippen molar-refractivity contribution in [2.45, 2.75) is 62.5 Å². The molecule has 0 bridgehead atoms. The molecule has 2 aromatic carbocycles. The summed E-state index contributed by atoms with van der Waals surface area (Å²) in [6.45, 7) is 4.98. The monoisotopic (exact) mass is 702 g/mol. The van der Waals surface area contributed by atoms with E-state index in [4.69, 9.17) is 28.4 Å². The van der Waals surface area contributed by atoms with E-state index in [0.29, 0.717) is 30.5 Å². The molecular weight excluding hydrogens is 661 g/mol. The van der Waals surface area contributed by atoms with E-state index in [1.165, 1.54) is 21.3 Å². The average Bonchev–Trinajstić information content (AvgIpc) is 3.88. The molecule has 4 heterocycles. The molecule has 260 valence electrons. The fourth-order valence-corrected chi connectivity index (χ4v) is 8.38. The molecule has 0 spiro atoms. The summed E-state index contributed by atoms with van der Waals surface area (Å²) < 4.78 is 62.6. The minimum absolute atomic E-state index is 0.0143. The van der Waals surface area contributed by atoms with Crippen LogP contribution in [0.15, 0.2) is 64.9 Å². The minimum Gasteiger partial charge on any atom is -0.493 e. The Morgan fingerprint density at radius 2 is 1.90 bits per heavy atom. The van der Waals surface area contributed by atoms with E-state index in [-0.39, 0.29) is 55.9 Å². The van der Waals surface area contributed by atoms with Crippen LogP contribution in [-0.4, -0.2) is 88.2 Å². The van der Waals surface area contributed by atoms with Crippen molar-refractivity contribution in [3.8, 4) is 17.2 Å². The van der Waals surface area contributed by atoms with Crippen LogP contribution in [0.5, 0.6) is 17.2 Å². The number of aliphatic hydroxyl groups is 1. The predicted octanol–water partition coefficient (Wildman–Crippen LogP) is 4.20. The summed E-state index contributed by atoms with van der Waals surface area (Å²) in [4.78, 5) is 14.5. The predicted molar refractivity (Wildman–Crippen MR) is 177 cm³/mol. The summed E-state index contributed by atoms with van der Waals surface area (Å²) in [6.07, 6.45) is -1.14. The average molecular weight is 703 g/mol. The molecule has 48 heavy (non-hydrogen) atoms. The molecule has 3 aliphatic rings. The lowest BCUT2D eigenvalue weighted by Crippen LogP contribution is -2.51. The summed E-state index contributed by atoms with van der Waals surface area (Å²) in [7, 11) is -4.06. The number of ether oxygens (including phenoxy) is 6. The van der Waals surface area contributed by atoms with Crippen LogP contribution in [-0.2, 0) is 37.1 Å². The summed E-state index contributed by atoms with van der Waals surface area (Å²) in [5.41, 5.74) is 0.812. The maximum Gasteiger partial charge on any atom is 0.407 e. The number of thiophene rings is 1. The number of aliphatic hydroxyl groups excluding tert-OH is 1. The van der Waals surface area contributed by atoms with E-state index in [2.05, 4.69) is 11.4 Å². The van der Waals surface area contributed by atoms with Gasteiger partial charge in [-0.25, -0.2) is 13.2 Å². The third kappa shape index (κ3) is 8.41. The Morgan fingerprint density at radius 3 is 2.67 bits per heavy atom. The van der Waals surface area contributed by atoms with Gasteiger partial charge in [0.2, 0.25) is 16.8 Å². The standard InChI is InChI=1S/C34H42N2O10S2/c1-22(2)18-36(48(39,40)26-9-10-30-31(17-26)45-21-44-30)19-29(37)28(35-34(38)46-32-20-43-33-27(32)12-14-42-33)16-23-5-7-24(8-6-23)41-13-11-25-4-3-15-47-25/h3-10,15,17,22,27-29,32-33,37H,11-14,16,18-21H2,1-2H3,(H,35,38)/t27-,28-,29+,32-,33+/m0/s1. The number of hydrogen-bond acceptors (Lipinski definition) is 11. The molecule has 0 unspecified atom stereocenters. The van der Waals surface area contributed by atoms with Gasteiger partial charge in [-0.15, -0.1) is 11.3 Å². The first kappa shape index (κ1) is 34.5. The second-order valence-corrected chi connectivity index (χ2v) is 15.5. The van der Waals surface area contributed by atoms with E-state index in [1.807, 2.05) is 49.6 Å². The second-order valence-electron chi connectivity index (χ2n) is 12.5. The van der Waals surface area contributed by atoms with E-state index in [1.54, 1.807) is 17.4 Å². The topological polar surface area (TPSA) is 142 Å². The number of fused-ring (bicyclic) bond motifs is 2. The van der Waals surface area contributed by atoms with Crippen LogP contribution in [0.1, 0.15) is 30.7 Å². The third-order valence-corrected chi connectivity index (χ3v) is 11.3. The van der Waals surface area contributed by atoms with E-state index in [0.717, 1.165) is 18.4 Å². The number of rotatable bonds is 15. The van der Waals surface area contributed by atoms with Gasteiger partial charge in [-0.05, 0) is 60.0 Å². The van der Waals surface area contributed by atoms with Crippen molar-refractivity contribution in [2.24, 2.45) is 11.8 Å². The lowest BCUT2D eigenvalue weighted by Gasteiger charge is -2.31. The number of carbonyl (C=O) groups excluding carboxylic acids is 1. The molecule has 0 saturated carbocycles. The van der Waals surface area contributed by atoms with Crippen LogP contribution < -0.4 is 19.5 Å². The fourth-order valence-electron chi connectivity index (χ4n) is 6.05. The molecule has 3 aliphatic heterocycles. The normalized spacial score (nSPS) is 21.3. The number of amides is 1. The van der Waals surface area contributed by atoms with Crippen molar-refractivity contribution >= 4 is 27.5 Å². The highest BCUT2D eigenvalue weighted by Crippen LogP contribution is 2.35. The van der Waals surface area contributed by atoms with Gasteiger partial charge >= 0.3 is 6.09 Å². The summed E-state index contributed by atoms with van der Waals surface area (Å²) >= 11 is 1.69. The Kier molecular flexibility index (Phi) is 11.1. The summed E-state index contributed by atoms with van der Waals surface area (Å²) in [6, 6.07) is 15.1. The molecule has 14 heteroatoms. The van der Waals surface area contributed by atoms with E-state index >= 15 is 0 Å². The maximum atomic E-state index is 13.9. The van der Waals surface area contributed by atoms with E-state index in [9.17, 15) is 18.3 Å². The van der Waals surface area contributed by atoms with Gasteiger partial charge in [0.25, 0.3) is 0 Å². The minimum atomic E-state index is -4.06. The van der Waals surface area contributed by atoms with Crippen LogP contribution in [0.25, 0.3) is 0 Å². The number of sulfonamides is 1. The molecule has 2 fully saturated rings. The maximum absolute atomic E-state index is 13.9. The van der Waals surface area contributed by atoms with Crippen molar-refractivity contribution in [3.63, 3.8) is 0 Å². The largest absolute Gasteiger partial charge is 0.493 e. The molecule has 6 rings (SSSR count). The molecule has 0 aliphatic carbocycles. The molecule has 1 amide bonds. The molecular formula is C34H42N2O10S2. The Bertz CT molecular complexity index is 1620. The molecule has 2 saturated heterocycles. The number of nitrogens with one attached hydrogen (secondary N) is 1. The van der Waals surface area contributed by atoms with Crippen LogP contribution in [0.2, 0.25) is 0 Å².